The first-order chi connectivity index (χ1) is 5.19. The molecule has 1 aliphatic rings. The third-order valence-corrected chi connectivity index (χ3v) is 4.29. The Balaban J connectivity index is 2.49. The molecule has 0 radical (unpaired) electrons. The van der Waals surface area contributed by atoms with Crippen LogP contribution in [0.15, 0.2) is 10.2 Å². The highest BCUT2D eigenvalue weighted by molar-refractivity contribution is 7.53. The van der Waals surface area contributed by atoms with E-state index in [-0.39, 0.29) is 5.28 Å². The number of hydrogen-bond donors (Lipinski definition) is 0. The van der Waals surface area contributed by atoms with Gasteiger partial charge in [-0.05, 0) is 20.5 Å². The fourth-order valence-electron chi connectivity index (χ4n) is 1.07. The molecule has 1 heterocycles. The number of hydrogen-bond acceptors (Lipinski definition) is 3. The number of nitrogens with zero attached hydrogens (tertiary/aromatic N) is 2. The second-order valence-electron chi connectivity index (χ2n) is 2.85. The fourth-order valence-corrected chi connectivity index (χ4v) is 2.34. The lowest BCUT2D eigenvalue weighted by Gasteiger charge is -2.25. The zero-order chi connectivity index (χ0) is 8.32. The van der Waals surface area contributed by atoms with E-state index in [0.29, 0.717) is 0 Å². The largest absolute Gasteiger partial charge is 0.357 e. The van der Waals surface area contributed by atoms with E-state index < -0.39 is 8.15 Å². The zero-order valence-electron chi connectivity index (χ0n) is 7.37. The molecule has 0 N–H and O–H groups in total. The van der Waals surface area contributed by atoms with Gasteiger partial charge in [0.25, 0.3) is 0 Å². The summed E-state index contributed by atoms with van der Waals surface area (Å²) in [5.74, 6) is 0. The van der Waals surface area contributed by atoms with Gasteiger partial charge in [0.2, 0.25) is 0 Å². The molecule has 1 aliphatic heterocycles. The number of rotatable bonds is 3. The maximum Gasteiger partial charge on any atom is 0.124 e. The summed E-state index contributed by atoms with van der Waals surface area (Å²) >= 11 is 0. The maximum atomic E-state index is 5.54. The predicted octanol–water partition coefficient (Wildman–Crippen LogP) is 2.62. The van der Waals surface area contributed by atoms with Crippen molar-refractivity contribution in [2.24, 2.45) is 10.2 Å². The molecule has 0 aromatic carbocycles. The van der Waals surface area contributed by atoms with Crippen LogP contribution in [0.3, 0.4) is 0 Å². The first-order valence-corrected chi connectivity index (χ1v) is 5.65. The van der Waals surface area contributed by atoms with E-state index in [1.165, 1.54) is 0 Å². The molecule has 1 rings (SSSR count). The van der Waals surface area contributed by atoms with Crippen molar-refractivity contribution in [3.05, 3.63) is 0 Å². The molecule has 0 aromatic heterocycles. The molecule has 0 spiro atoms. The van der Waals surface area contributed by atoms with Crippen molar-refractivity contribution < 1.29 is 4.52 Å². The van der Waals surface area contributed by atoms with Crippen LogP contribution in [-0.4, -0.2) is 25.1 Å². The Morgan fingerprint density at radius 1 is 1.64 bits per heavy atom. The molecule has 11 heavy (non-hydrogen) atoms. The lowest BCUT2D eigenvalue weighted by molar-refractivity contribution is 0.363. The van der Waals surface area contributed by atoms with E-state index in [9.17, 15) is 0 Å². The van der Waals surface area contributed by atoms with Crippen LogP contribution in [-0.2, 0) is 4.52 Å². The van der Waals surface area contributed by atoms with Crippen molar-refractivity contribution in [3.63, 3.8) is 0 Å². The van der Waals surface area contributed by atoms with E-state index in [1.807, 2.05) is 6.92 Å². The van der Waals surface area contributed by atoms with E-state index in [2.05, 4.69) is 23.8 Å². The lowest BCUT2D eigenvalue weighted by Crippen LogP contribution is -2.17. The van der Waals surface area contributed by atoms with Gasteiger partial charge in [-0.15, -0.1) is 0 Å². The Morgan fingerprint density at radius 2 is 2.36 bits per heavy atom. The Kier molecular flexibility index (Phi) is 2.97. The summed E-state index contributed by atoms with van der Waals surface area (Å²) < 4.78 is 5.54. The fraction of sp³-hybridized carbons (Fsp3) is 1.00. The number of azo groups is 1. The highest BCUT2D eigenvalue weighted by Gasteiger charge is 2.34. The summed E-state index contributed by atoms with van der Waals surface area (Å²) in [6.45, 7) is 7.94. The highest BCUT2D eigenvalue weighted by Crippen LogP contribution is 2.52. The molecule has 3 nitrogen and oxygen atoms in total. The minimum Gasteiger partial charge on any atom is -0.357 e. The first-order valence-electron chi connectivity index (χ1n) is 3.94. The standard InChI is InChI=1S/C7H15N2OP/c1-4-10-11(3)7(2)5-6-8-9-7/h4-6H2,1-3H3. The van der Waals surface area contributed by atoms with Gasteiger partial charge in [-0.1, -0.05) is 0 Å². The SMILES string of the molecule is CCOP(C)C1(C)CCN=N1. The second-order valence-corrected chi connectivity index (χ2v) is 5.06. The zero-order valence-corrected chi connectivity index (χ0v) is 8.27. The maximum absolute atomic E-state index is 5.54. The molecule has 0 saturated carbocycles. The molecule has 2 atom stereocenters. The van der Waals surface area contributed by atoms with Crippen LogP contribution in [0.25, 0.3) is 0 Å². The van der Waals surface area contributed by atoms with E-state index >= 15 is 0 Å². The average molecular weight is 174 g/mol. The molecule has 4 heteroatoms. The quantitative estimate of drug-likeness (QED) is 0.605. The molecule has 2 unspecified atom stereocenters. The molecule has 64 valence electrons. The molecular formula is C7H15N2OP. The van der Waals surface area contributed by atoms with Crippen molar-refractivity contribution in [2.75, 3.05) is 19.8 Å². The van der Waals surface area contributed by atoms with E-state index in [1.54, 1.807) is 0 Å². The van der Waals surface area contributed by atoms with Crippen LogP contribution in [0, 0.1) is 0 Å². The smallest absolute Gasteiger partial charge is 0.124 e. The first kappa shape index (κ1) is 9.08. The van der Waals surface area contributed by atoms with Gasteiger partial charge in [0.15, 0.2) is 0 Å². The molecule has 0 aromatic rings. The summed E-state index contributed by atoms with van der Waals surface area (Å²) in [6, 6.07) is 0. The van der Waals surface area contributed by atoms with Crippen LogP contribution in [0.4, 0.5) is 0 Å². The Bertz CT molecular complexity index is 163. The van der Waals surface area contributed by atoms with E-state index in [4.69, 9.17) is 4.52 Å². The summed E-state index contributed by atoms with van der Waals surface area (Å²) in [5, 5.41) is 8.22. The van der Waals surface area contributed by atoms with Crippen molar-refractivity contribution in [2.45, 2.75) is 25.5 Å². The summed E-state index contributed by atoms with van der Waals surface area (Å²) in [7, 11) is -0.424. The minimum atomic E-state index is -0.424. The van der Waals surface area contributed by atoms with Gasteiger partial charge in [-0.3, -0.25) is 0 Å². The molecule has 0 bridgehead atoms. The predicted molar refractivity (Wildman–Crippen MR) is 47.2 cm³/mol. The van der Waals surface area contributed by atoms with Crippen molar-refractivity contribution >= 4 is 8.15 Å². The lowest BCUT2D eigenvalue weighted by atomic mass is 10.3. The van der Waals surface area contributed by atoms with Crippen LogP contribution in [0.1, 0.15) is 20.3 Å². The van der Waals surface area contributed by atoms with Gasteiger partial charge in [-0.25, -0.2) is 0 Å². The van der Waals surface area contributed by atoms with Gasteiger partial charge in [0, 0.05) is 13.0 Å². The second kappa shape index (κ2) is 3.59. The minimum absolute atomic E-state index is 0.00530. The van der Waals surface area contributed by atoms with Crippen molar-refractivity contribution in [3.8, 4) is 0 Å². The molecule has 0 fully saturated rings. The van der Waals surface area contributed by atoms with Crippen molar-refractivity contribution in [1.82, 2.24) is 0 Å². The van der Waals surface area contributed by atoms with Gasteiger partial charge >= 0.3 is 0 Å². The molecular weight excluding hydrogens is 159 g/mol. The topological polar surface area (TPSA) is 34.0 Å². The Labute approximate surface area is 69.1 Å². The average Bonchev–Trinajstić information content (AvgIpc) is 2.38. The Hall–Kier alpha value is -0.0100. The van der Waals surface area contributed by atoms with Crippen LogP contribution < -0.4 is 0 Å². The molecule has 0 amide bonds. The van der Waals surface area contributed by atoms with Crippen LogP contribution in [0.2, 0.25) is 0 Å². The van der Waals surface area contributed by atoms with Crippen molar-refractivity contribution in [1.29, 1.82) is 0 Å². The highest BCUT2D eigenvalue weighted by atomic mass is 31.1. The van der Waals surface area contributed by atoms with Crippen LogP contribution in [0.5, 0.6) is 0 Å². The molecule has 0 saturated heterocycles. The Morgan fingerprint density at radius 3 is 2.82 bits per heavy atom. The third-order valence-electron chi connectivity index (χ3n) is 1.97. The van der Waals surface area contributed by atoms with Gasteiger partial charge in [0.1, 0.15) is 5.28 Å². The van der Waals surface area contributed by atoms with E-state index in [0.717, 1.165) is 19.6 Å². The normalized spacial score (nSPS) is 32.6. The van der Waals surface area contributed by atoms with Gasteiger partial charge in [0.05, 0.1) is 14.7 Å². The van der Waals surface area contributed by atoms with Gasteiger partial charge < -0.3 is 4.52 Å². The summed E-state index contributed by atoms with van der Waals surface area (Å²) in [6.07, 6.45) is 1.05. The van der Waals surface area contributed by atoms with Gasteiger partial charge in [-0.2, -0.15) is 10.2 Å². The summed E-state index contributed by atoms with van der Waals surface area (Å²) in [4.78, 5) is 0. The van der Waals surface area contributed by atoms with Crippen LogP contribution >= 0.6 is 8.15 Å². The monoisotopic (exact) mass is 174 g/mol. The summed E-state index contributed by atoms with van der Waals surface area (Å²) in [5.41, 5.74) is 0. The third kappa shape index (κ3) is 1.97. The molecule has 0 aliphatic carbocycles.